The Kier molecular flexibility index (Phi) is 4.74. The van der Waals surface area contributed by atoms with Crippen LogP contribution in [-0.2, 0) is 5.60 Å². The lowest BCUT2D eigenvalue weighted by Crippen LogP contribution is -2.28. The molecule has 0 bridgehead atoms. The Morgan fingerprint density at radius 2 is 1.90 bits per heavy atom. The molecule has 0 radical (unpaired) electrons. The first-order valence-corrected chi connectivity index (χ1v) is 7.85. The minimum Gasteiger partial charge on any atom is -0.496 e. The number of hydrogen-bond acceptors (Lipinski definition) is 2. The van der Waals surface area contributed by atoms with E-state index >= 15 is 0 Å². The maximum atomic E-state index is 11.4. The molecule has 1 N–H and O–H groups in total. The van der Waals surface area contributed by atoms with Gasteiger partial charge in [0.05, 0.1) is 7.11 Å². The fraction of sp³-hybridized carbons (Fsp3) is 0.333. The molecule has 21 heavy (non-hydrogen) atoms. The van der Waals surface area contributed by atoms with Gasteiger partial charge in [0, 0.05) is 10.0 Å². The van der Waals surface area contributed by atoms with Gasteiger partial charge in [0.15, 0.2) is 0 Å². The Morgan fingerprint density at radius 3 is 2.48 bits per heavy atom. The van der Waals surface area contributed by atoms with Gasteiger partial charge in [-0.3, -0.25) is 0 Å². The number of benzene rings is 2. The molecule has 2 aromatic rings. The van der Waals surface area contributed by atoms with Crippen LogP contribution in [0.2, 0.25) is 0 Å². The predicted octanol–water partition coefficient (Wildman–Crippen LogP) is 4.72. The largest absolute Gasteiger partial charge is 0.496 e. The van der Waals surface area contributed by atoms with E-state index in [0.29, 0.717) is 6.42 Å². The molecule has 2 aromatic carbocycles. The van der Waals surface area contributed by atoms with E-state index in [1.54, 1.807) is 7.11 Å². The average Bonchev–Trinajstić information content (AvgIpc) is 2.45. The van der Waals surface area contributed by atoms with Crippen LogP contribution in [0.4, 0.5) is 0 Å². The standard InChI is InChI=1S/C18H21BrO2/c1-5-18(20,14-7-6-8-15(19)11-14)17-13(3)9-12(2)10-16(17)21-4/h6-11,20H,5H2,1-4H3. The van der Waals surface area contributed by atoms with E-state index in [1.807, 2.05) is 51.1 Å². The summed E-state index contributed by atoms with van der Waals surface area (Å²) in [6.45, 7) is 6.03. The van der Waals surface area contributed by atoms with Crippen molar-refractivity contribution in [3.05, 3.63) is 63.1 Å². The molecule has 0 fully saturated rings. The lowest BCUT2D eigenvalue weighted by Gasteiger charge is -2.31. The number of aliphatic hydroxyl groups is 1. The van der Waals surface area contributed by atoms with E-state index in [9.17, 15) is 5.11 Å². The highest BCUT2D eigenvalue weighted by Gasteiger charge is 2.34. The van der Waals surface area contributed by atoms with Crippen molar-refractivity contribution in [3.63, 3.8) is 0 Å². The fourth-order valence-corrected chi connectivity index (χ4v) is 3.29. The second kappa shape index (κ2) is 6.20. The summed E-state index contributed by atoms with van der Waals surface area (Å²) in [6.07, 6.45) is 0.573. The van der Waals surface area contributed by atoms with Crippen LogP contribution in [0.15, 0.2) is 40.9 Å². The van der Waals surface area contributed by atoms with Gasteiger partial charge in [0.25, 0.3) is 0 Å². The van der Waals surface area contributed by atoms with Gasteiger partial charge in [-0.05, 0) is 55.2 Å². The first kappa shape index (κ1) is 16.1. The van der Waals surface area contributed by atoms with Crippen LogP contribution in [0.25, 0.3) is 0 Å². The summed E-state index contributed by atoms with van der Waals surface area (Å²) >= 11 is 3.48. The van der Waals surface area contributed by atoms with Gasteiger partial charge < -0.3 is 9.84 Å². The van der Waals surface area contributed by atoms with Crippen LogP contribution < -0.4 is 4.74 Å². The lowest BCUT2D eigenvalue weighted by atomic mass is 9.81. The van der Waals surface area contributed by atoms with Gasteiger partial charge in [0.2, 0.25) is 0 Å². The zero-order chi connectivity index (χ0) is 15.6. The highest BCUT2D eigenvalue weighted by atomic mass is 79.9. The Morgan fingerprint density at radius 1 is 1.19 bits per heavy atom. The van der Waals surface area contributed by atoms with Crippen molar-refractivity contribution in [3.8, 4) is 5.75 Å². The molecule has 3 heteroatoms. The van der Waals surface area contributed by atoms with E-state index in [0.717, 1.165) is 32.5 Å². The summed E-state index contributed by atoms with van der Waals surface area (Å²) in [6, 6.07) is 11.9. The first-order chi connectivity index (χ1) is 9.92. The molecule has 2 rings (SSSR count). The van der Waals surface area contributed by atoms with Gasteiger partial charge in [-0.25, -0.2) is 0 Å². The molecule has 0 saturated heterocycles. The van der Waals surface area contributed by atoms with Crippen molar-refractivity contribution < 1.29 is 9.84 Å². The monoisotopic (exact) mass is 348 g/mol. The summed E-state index contributed by atoms with van der Waals surface area (Å²) in [5, 5.41) is 11.4. The second-order valence-electron chi connectivity index (χ2n) is 5.38. The van der Waals surface area contributed by atoms with Crippen LogP contribution in [0, 0.1) is 13.8 Å². The van der Waals surface area contributed by atoms with Crippen LogP contribution >= 0.6 is 15.9 Å². The molecule has 0 saturated carbocycles. The smallest absolute Gasteiger partial charge is 0.125 e. The van der Waals surface area contributed by atoms with Crippen LogP contribution in [0.5, 0.6) is 5.75 Å². The minimum atomic E-state index is -1.06. The van der Waals surface area contributed by atoms with Gasteiger partial charge in [-0.1, -0.05) is 41.1 Å². The number of methoxy groups -OCH3 is 1. The summed E-state index contributed by atoms with van der Waals surface area (Å²) in [4.78, 5) is 0. The van der Waals surface area contributed by atoms with E-state index in [2.05, 4.69) is 22.0 Å². The summed E-state index contributed by atoms with van der Waals surface area (Å²) in [5.41, 5.74) is 2.81. The van der Waals surface area contributed by atoms with Gasteiger partial charge in [-0.15, -0.1) is 0 Å². The molecule has 0 spiro atoms. The highest BCUT2D eigenvalue weighted by Crippen LogP contribution is 2.41. The molecule has 1 unspecified atom stereocenters. The van der Waals surface area contributed by atoms with Crippen molar-refractivity contribution in [1.29, 1.82) is 0 Å². The van der Waals surface area contributed by atoms with Gasteiger partial charge in [-0.2, -0.15) is 0 Å². The van der Waals surface area contributed by atoms with Crippen molar-refractivity contribution in [2.45, 2.75) is 32.8 Å². The minimum absolute atomic E-state index is 0.573. The van der Waals surface area contributed by atoms with Crippen molar-refractivity contribution in [2.75, 3.05) is 7.11 Å². The average molecular weight is 349 g/mol. The quantitative estimate of drug-likeness (QED) is 0.865. The third-order valence-electron chi connectivity index (χ3n) is 3.89. The fourth-order valence-electron chi connectivity index (χ4n) is 2.89. The Bertz CT molecular complexity index is 652. The summed E-state index contributed by atoms with van der Waals surface area (Å²) in [7, 11) is 1.65. The van der Waals surface area contributed by atoms with E-state index < -0.39 is 5.60 Å². The molecule has 0 amide bonds. The molecule has 0 aromatic heterocycles. The lowest BCUT2D eigenvalue weighted by molar-refractivity contribution is 0.0729. The Labute approximate surface area is 134 Å². The normalized spacial score (nSPS) is 13.8. The molecule has 112 valence electrons. The first-order valence-electron chi connectivity index (χ1n) is 7.06. The second-order valence-corrected chi connectivity index (χ2v) is 6.30. The summed E-state index contributed by atoms with van der Waals surface area (Å²) in [5.74, 6) is 0.733. The number of ether oxygens (including phenoxy) is 1. The molecule has 0 aliphatic rings. The Balaban J connectivity index is 2.71. The zero-order valence-electron chi connectivity index (χ0n) is 12.9. The summed E-state index contributed by atoms with van der Waals surface area (Å²) < 4.78 is 6.49. The Hall–Kier alpha value is -1.32. The number of rotatable bonds is 4. The third-order valence-corrected chi connectivity index (χ3v) is 4.38. The van der Waals surface area contributed by atoms with Crippen molar-refractivity contribution in [1.82, 2.24) is 0 Å². The van der Waals surface area contributed by atoms with Gasteiger partial charge >= 0.3 is 0 Å². The van der Waals surface area contributed by atoms with E-state index in [1.165, 1.54) is 0 Å². The number of aryl methyl sites for hydroxylation is 2. The molecule has 1 atom stereocenters. The number of hydrogen-bond donors (Lipinski definition) is 1. The van der Waals surface area contributed by atoms with Gasteiger partial charge in [0.1, 0.15) is 11.4 Å². The van der Waals surface area contributed by atoms with Crippen LogP contribution in [0.1, 0.15) is 35.6 Å². The highest BCUT2D eigenvalue weighted by molar-refractivity contribution is 9.10. The molecular weight excluding hydrogens is 328 g/mol. The van der Waals surface area contributed by atoms with E-state index in [-0.39, 0.29) is 0 Å². The SMILES string of the molecule is CCC(O)(c1cccc(Br)c1)c1c(C)cc(C)cc1OC. The molecule has 0 heterocycles. The van der Waals surface area contributed by atoms with E-state index in [4.69, 9.17) is 4.74 Å². The number of halogens is 1. The zero-order valence-corrected chi connectivity index (χ0v) is 14.5. The van der Waals surface area contributed by atoms with Crippen molar-refractivity contribution >= 4 is 15.9 Å². The third kappa shape index (κ3) is 2.99. The molecular formula is C18H21BrO2. The molecule has 0 aliphatic carbocycles. The van der Waals surface area contributed by atoms with Crippen molar-refractivity contribution in [2.24, 2.45) is 0 Å². The predicted molar refractivity (Wildman–Crippen MR) is 89.9 cm³/mol. The van der Waals surface area contributed by atoms with Crippen LogP contribution in [-0.4, -0.2) is 12.2 Å². The maximum absolute atomic E-state index is 11.4. The molecule has 2 nitrogen and oxygen atoms in total. The van der Waals surface area contributed by atoms with Crippen LogP contribution in [0.3, 0.4) is 0 Å². The maximum Gasteiger partial charge on any atom is 0.125 e. The molecule has 0 aliphatic heterocycles. The topological polar surface area (TPSA) is 29.5 Å².